The Morgan fingerprint density at radius 3 is 2.31 bits per heavy atom. The molecule has 0 saturated carbocycles. The van der Waals surface area contributed by atoms with Crippen LogP contribution in [-0.4, -0.2) is 64.3 Å². The van der Waals surface area contributed by atoms with Crippen LogP contribution in [0.2, 0.25) is 0 Å². The van der Waals surface area contributed by atoms with Gasteiger partial charge in [0.2, 0.25) is 11.9 Å². The SMILES string of the molecule is CN(Cc1ccccc1)c1cc(/C=C2\SC(=O)NC2=O)nc(N2CCN(c3ncccn3)CC2)n1. The zero-order valence-corrected chi connectivity index (χ0v) is 20.0. The number of nitrogens with zero attached hydrogens (tertiary/aromatic N) is 7. The average Bonchev–Trinajstić information content (AvgIpc) is 3.21. The zero-order valence-electron chi connectivity index (χ0n) is 19.2. The number of thioether (sulfide) groups is 1. The van der Waals surface area contributed by atoms with Crippen molar-refractivity contribution in [1.82, 2.24) is 25.3 Å². The summed E-state index contributed by atoms with van der Waals surface area (Å²) in [4.78, 5) is 48.6. The van der Waals surface area contributed by atoms with Gasteiger partial charge >= 0.3 is 0 Å². The lowest BCUT2D eigenvalue weighted by molar-refractivity contribution is -0.115. The number of benzene rings is 1. The fourth-order valence-corrected chi connectivity index (χ4v) is 4.57. The third kappa shape index (κ3) is 5.40. The van der Waals surface area contributed by atoms with E-state index in [0.29, 0.717) is 42.1 Å². The Balaban J connectivity index is 1.41. The van der Waals surface area contributed by atoms with Gasteiger partial charge in [0, 0.05) is 58.2 Å². The van der Waals surface area contributed by atoms with Crippen LogP contribution in [0, 0.1) is 0 Å². The fourth-order valence-electron chi connectivity index (χ4n) is 3.91. The van der Waals surface area contributed by atoms with Gasteiger partial charge in [0.15, 0.2) is 0 Å². The van der Waals surface area contributed by atoms with Gasteiger partial charge in [0.05, 0.1) is 10.6 Å². The summed E-state index contributed by atoms with van der Waals surface area (Å²) in [5.74, 6) is 1.62. The van der Waals surface area contributed by atoms with Gasteiger partial charge < -0.3 is 14.7 Å². The van der Waals surface area contributed by atoms with Gasteiger partial charge in [-0.25, -0.2) is 15.0 Å². The molecule has 0 bridgehead atoms. The summed E-state index contributed by atoms with van der Waals surface area (Å²) < 4.78 is 0. The Morgan fingerprint density at radius 1 is 0.971 bits per heavy atom. The summed E-state index contributed by atoms with van der Waals surface area (Å²) in [6.07, 6.45) is 5.13. The van der Waals surface area contributed by atoms with E-state index >= 15 is 0 Å². The number of hydrogen-bond acceptors (Lipinski definition) is 10. The summed E-state index contributed by atoms with van der Waals surface area (Å²) in [5, 5.41) is 1.91. The standard InChI is InChI=1S/C24H24N8O2S/c1-30(16-17-6-3-2-4-7-17)20-15-18(14-19-21(33)29-24(34)35-19)27-23(28-20)32-12-10-31(11-13-32)22-25-8-5-9-26-22/h2-9,14-15H,10-13,16H2,1H3,(H,29,33,34)/b19-14-. The highest BCUT2D eigenvalue weighted by atomic mass is 32.2. The van der Waals surface area contributed by atoms with Gasteiger partial charge in [-0.2, -0.15) is 4.98 Å². The van der Waals surface area contributed by atoms with Crippen LogP contribution < -0.4 is 20.0 Å². The molecule has 5 rings (SSSR count). The van der Waals surface area contributed by atoms with E-state index in [1.54, 1.807) is 24.5 Å². The van der Waals surface area contributed by atoms with E-state index in [1.165, 1.54) is 0 Å². The maximum atomic E-state index is 12.1. The molecule has 2 amide bonds. The van der Waals surface area contributed by atoms with Gasteiger partial charge in [-0.15, -0.1) is 0 Å². The lowest BCUT2D eigenvalue weighted by Gasteiger charge is -2.35. The molecule has 35 heavy (non-hydrogen) atoms. The Labute approximate surface area is 207 Å². The summed E-state index contributed by atoms with van der Waals surface area (Å²) in [7, 11) is 1.97. The van der Waals surface area contributed by atoms with Crippen molar-refractivity contribution in [1.29, 1.82) is 0 Å². The molecule has 2 aromatic heterocycles. The molecular weight excluding hydrogens is 464 g/mol. The Bertz CT molecular complexity index is 1250. The van der Waals surface area contributed by atoms with Crippen molar-refractivity contribution in [3.05, 3.63) is 71.0 Å². The number of imide groups is 1. The highest BCUT2D eigenvalue weighted by molar-refractivity contribution is 8.18. The second kappa shape index (κ2) is 10.1. The number of amides is 2. The van der Waals surface area contributed by atoms with Gasteiger partial charge in [0.25, 0.3) is 11.1 Å². The third-order valence-electron chi connectivity index (χ3n) is 5.69. The largest absolute Gasteiger partial charge is 0.355 e. The highest BCUT2D eigenvalue weighted by Gasteiger charge is 2.26. The van der Waals surface area contributed by atoms with Crippen LogP contribution in [0.1, 0.15) is 11.3 Å². The molecule has 1 aromatic carbocycles. The predicted molar refractivity (Wildman–Crippen MR) is 136 cm³/mol. The topological polar surface area (TPSA) is 107 Å². The van der Waals surface area contributed by atoms with Crippen molar-refractivity contribution in [2.45, 2.75) is 6.54 Å². The summed E-state index contributed by atoms with van der Waals surface area (Å²) in [6, 6.07) is 13.8. The number of piperazine rings is 1. The van der Waals surface area contributed by atoms with Crippen molar-refractivity contribution in [3.63, 3.8) is 0 Å². The smallest absolute Gasteiger partial charge is 0.290 e. The van der Waals surface area contributed by atoms with Crippen LogP contribution in [-0.2, 0) is 11.3 Å². The van der Waals surface area contributed by atoms with Crippen molar-refractivity contribution in [2.24, 2.45) is 0 Å². The molecule has 2 saturated heterocycles. The predicted octanol–water partition coefficient (Wildman–Crippen LogP) is 2.55. The van der Waals surface area contributed by atoms with Gasteiger partial charge in [-0.1, -0.05) is 30.3 Å². The van der Waals surface area contributed by atoms with Crippen LogP contribution in [0.25, 0.3) is 6.08 Å². The first kappa shape index (κ1) is 22.8. The zero-order chi connectivity index (χ0) is 24.2. The van der Waals surface area contributed by atoms with E-state index in [0.717, 1.165) is 36.2 Å². The second-order valence-electron chi connectivity index (χ2n) is 8.17. The van der Waals surface area contributed by atoms with Crippen molar-refractivity contribution in [3.8, 4) is 0 Å². The van der Waals surface area contributed by atoms with Crippen molar-refractivity contribution < 1.29 is 9.59 Å². The van der Waals surface area contributed by atoms with E-state index in [-0.39, 0.29) is 5.24 Å². The van der Waals surface area contributed by atoms with Crippen LogP contribution in [0.3, 0.4) is 0 Å². The van der Waals surface area contributed by atoms with Crippen LogP contribution in [0.5, 0.6) is 0 Å². The first-order valence-corrected chi connectivity index (χ1v) is 12.0. The number of aromatic nitrogens is 4. The lowest BCUT2D eigenvalue weighted by Crippen LogP contribution is -2.47. The van der Waals surface area contributed by atoms with Crippen LogP contribution in [0.4, 0.5) is 22.5 Å². The maximum absolute atomic E-state index is 12.1. The Hall–Kier alpha value is -3.99. The number of hydrogen-bond donors (Lipinski definition) is 1. The third-order valence-corrected chi connectivity index (χ3v) is 6.50. The minimum Gasteiger partial charge on any atom is -0.355 e. The second-order valence-corrected chi connectivity index (χ2v) is 9.18. The molecule has 0 aliphatic carbocycles. The molecule has 4 heterocycles. The molecule has 0 spiro atoms. The minimum absolute atomic E-state index is 0.322. The molecule has 11 heteroatoms. The van der Waals surface area contributed by atoms with Crippen LogP contribution >= 0.6 is 11.8 Å². The van der Waals surface area contributed by atoms with Crippen molar-refractivity contribution >= 4 is 46.7 Å². The molecule has 0 unspecified atom stereocenters. The molecule has 0 atom stereocenters. The van der Waals surface area contributed by atoms with E-state index in [4.69, 9.17) is 9.97 Å². The molecule has 3 aromatic rings. The van der Waals surface area contributed by atoms with E-state index < -0.39 is 5.91 Å². The first-order chi connectivity index (χ1) is 17.0. The normalized spacial score (nSPS) is 17.1. The number of nitrogens with one attached hydrogen (secondary N) is 1. The molecule has 178 valence electrons. The Kier molecular flexibility index (Phi) is 6.57. The molecule has 2 fully saturated rings. The summed E-state index contributed by atoms with van der Waals surface area (Å²) in [5.41, 5.74) is 1.73. The fraction of sp³-hybridized carbons (Fsp3) is 0.250. The Morgan fingerprint density at radius 2 is 1.66 bits per heavy atom. The van der Waals surface area contributed by atoms with Gasteiger partial charge in [-0.3, -0.25) is 14.9 Å². The first-order valence-electron chi connectivity index (χ1n) is 11.2. The number of anilines is 3. The summed E-state index contributed by atoms with van der Waals surface area (Å²) in [6.45, 7) is 3.54. The summed E-state index contributed by atoms with van der Waals surface area (Å²) >= 11 is 0.878. The molecule has 1 N–H and O–H groups in total. The molecule has 2 aliphatic rings. The molecule has 2 aliphatic heterocycles. The maximum Gasteiger partial charge on any atom is 0.290 e. The molecule has 10 nitrogen and oxygen atoms in total. The average molecular weight is 489 g/mol. The number of carbonyl (C=O) groups excluding carboxylic acids is 2. The van der Waals surface area contributed by atoms with E-state index in [1.807, 2.05) is 36.2 Å². The molecule has 0 radical (unpaired) electrons. The number of rotatable bonds is 6. The molecular formula is C24H24N8O2S. The van der Waals surface area contributed by atoms with Crippen molar-refractivity contribution in [2.75, 3.05) is 47.9 Å². The quantitative estimate of drug-likeness (QED) is 0.520. The number of carbonyl (C=O) groups is 2. The van der Waals surface area contributed by atoms with Gasteiger partial charge in [0.1, 0.15) is 5.82 Å². The minimum atomic E-state index is -0.407. The monoisotopic (exact) mass is 488 g/mol. The van der Waals surface area contributed by atoms with E-state index in [9.17, 15) is 9.59 Å². The van der Waals surface area contributed by atoms with E-state index in [2.05, 4.69) is 37.2 Å². The van der Waals surface area contributed by atoms with Crippen LogP contribution in [0.15, 0.2) is 59.8 Å². The lowest BCUT2D eigenvalue weighted by atomic mass is 10.2. The van der Waals surface area contributed by atoms with Gasteiger partial charge in [-0.05, 0) is 29.5 Å². The highest BCUT2D eigenvalue weighted by Crippen LogP contribution is 2.27.